The molecule has 0 aliphatic heterocycles. The van der Waals surface area contributed by atoms with Crippen molar-refractivity contribution in [3.63, 3.8) is 0 Å². The van der Waals surface area contributed by atoms with Crippen LogP contribution in [0.3, 0.4) is 0 Å². The summed E-state index contributed by atoms with van der Waals surface area (Å²) in [7, 11) is 0. The molecule has 1 aromatic heterocycles. The second-order valence-electron chi connectivity index (χ2n) is 5.92. The lowest BCUT2D eigenvalue weighted by Crippen LogP contribution is -2.33. The molecule has 0 aliphatic carbocycles. The number of hydrazone groups is 1. The largest absolute Gasteiger partial charge is 0.508 e. The highest BCUT2D eigenvalue weighted by atomic mass is 32.1. The number of thiazole rings is 1. The van der Waals surface area contributed by atoms with E-state index in [0.29, 0.717) is 0 Å². The molecule has 132 valence electrons. The molecule has 0 spiro atoms. The average Bonchev–Trinajstić information content (AvgIpc) is 3.15. The summed E-state index contributed by atoms with van der Waals surface area (Å²) in [5.41, 5.74) is 7.38. The molecule has 0 atom stereocenters. The summed E-state index contributed by atoms with van der Waals surface area (Å²) in [6.07, 6.45) is 1.73. The lowest BCUT2D eigenvalue weighted by molar-refractivity contribution is -0.564. The van der Waals surface area contributed by atoms with Gasteiger partial charge in [0.2, 0.25) is 0 Å². The van der Waals surface area contributed by atoms with Gasteiger partial charge in [0.15, 0.2) is 5.69 Å². The highest BCUT2D eigenvalue weighted by molar-refractivity contribution is 7.13. The number of para-hydroxylation sites is 1. The molecule has 0 saturated carbocycles. The van der Waals surface area contributed by atoms with Crippen molar-refractivity contribution in [3.05, 3.63) is 95.9 Å². The Bertz CT molecular complexity index is 1040. The maximum Gasteiger partial charge on any atom is 0.364 e. The van der Waals surface area contributed by atoms with Crippen LogP contribution in [-0.4, -0.2) is 11.3 Å². The van der Waals surface area contributed by atoms with Crippen molar-refractivity contribution in [3.8, 4) is 22.7 Å². The molecule has 0 radical (unpaired) electrons. The Morgan fingerprint density at radius 1 is 0.852 bits per heavy atom. The van der Waals surface area contributed by atoms with Gasteiger partial charge < -0.3 is 5.11 Å². The smallest absolute Gasteiger partial charge is 0.364 e. The maximum absolute atomic E-state index is 9.37. The van der Waals surface area contributed by atoms with E-state index in [4.69, 9.17) is 0 Å². The minimum Gasteiger partial charge on any atom is -0.508 e. The molecule has 4 rings (SSSR count). The topological polar surface area (TPSA) is 48.5 Å². The molecule has 3 aromatic carbocycles. The van der Waals surface area contributed by atoms with Crippen LogP contribution in [0.1, 0.15) is 5.56 Å². The van der Waals surface area contributed by atoms with Crippen LogP contribution in [0.5, 0.6) is 5.75 Å². The summed E-state index contributed by atoms with van der Waals surface area (Å²) in [5, 5.41) is 16.8. The number of anilines is 1. The quantitative estimate of drug-likeness (QED) is 0.299. The number of rotatable bonds is 5. The summed E-state index contributed by atoms with van der Waals surface area (Å²) in [6, 6.07) is 27.4. The molecule has 4 aromatic rings. The average molecular weight is 372 g/mol. The zero-order chi connectivity index (χ0) is 18.5. The van der Waals surface area contributed by atoms with Crippen LogP contribution in [0.4, 0.5) is 5.13 Å². The van der Waals surface area contributed by atoms with Crippen molar-refractivity contribution in [1.29, 1.82) is 0 Å². The third-order valence-corrected chi connectivity index (χ3v) is 4.92. The predicted octanol–water partition coefficient (Wildman–Crippen LogP) is 4.84. The number of phenolic OH excluding ortho intramolecular Hbond substituents is 1. The van der Waals surface area contributed by atoms with Gasteiger partial charge in [0.1, 0.15) is 11.4 Å². The monoisotopic (exact) mass is 372 g/mol. The Labute approximate surface area is 161 Å². The second kappa shape index (κ2) is 7.85. The van der Waals surface area contributed by atoms with Crippen LogP contribution in [0, 0.1) is 0 Å². The van der Waals surface area contributed by atoms with Crippen molar-refractivity contribution in [2.45, 2.75) is 0 Å². The number of nitrogens with zero attached hydrogens (tertiary/aromatic N) is 2. The Balaban J connectivity index is 1.68. The zero-order valence-corrected chi connectivity index (χ0v) is 15.3. The minimum absolute atomic E-state index is 0.243. The van der Waals surface area contributed by atoms with Crippen molar-refractivity contribution in [1.82, 2.24) is 0 Å². The van der Waals surface area contributed by atoms with Crippen LogP contribution in [-0.2, 0) is 0 Å². The first-order valence-electron chi connectivity index (χ1n) is 8.54. The van der Waals surface area contributed by atoms with Gasteiger partial charge in [0.05, 0.1) is 6.21 Å². The number of aromatic nitrogens is 1. The van der Waals surface area contributed by atoms with Gasteiger partial charge in [-0.1, -0.05) is 65.0 Å². The third-order valence-electron chi connectivity index (χ3n) is 4.08. The van der Waals surface area contributed by atoms with Crippen LogP contribution in [0.15, 0.2) is 95.4 Å². The molecule has 0 aliphatic rings. The van der Waals surface area contributed by atoms with E-state index in [1.54, 1.807) is 29.7 Å². The van der Waals surface area contributed by atoms with Gasteiger partial charge in [0, 0.05) is 10.9 Å². The van der Waals surface area contributed by atoms with E-state index in [9.17, 15) is 5.11 Å². The van der Waals surface area contributed by atoms with E-state index in [0.717, 1.165) is 27.6 Å². The van der Waals surface area contributed by atoms with Crippen LogP contribution in [0.2, 0.25) is 0 Å². The molecule has 27 heavy (non-hydrogen) atoms. The fourth-order valence-electron chi connectivity index (χ4n) is 2.76. The Kier molecular flexibility index (Phi) is 4.94. The molecule has 0 fully saturated rings. The number of nitrogens with one attached hydrogen (secondary N) is 1. The predicted molar refractivity (Wildman–Crippen MR) is 111 cm³/mol. The molecule has 4 nitrogen and oxygen atoms in total. The Hall–Kier alpha value is -3.44. The number of hydrogen-bond donors (Lipinski definition) is 2. The van der Waals surface area contributed by atoms with Gasteiger partial charge in [-0.15, -0.1) is 5.43 Å². The third kappa shape index (κ3) is 3.88. The van der Waals surface area contributed by atoms with Crippen LogP contribution >= 0.6 is 11.3 Å². The number of phenols is 1. The first-order valence-corrected chi connectivity index (χ1v) is 9.42. The van der Waals surface area contributed by atoms with Crippen LogP contribution < -0.4 is 9.99 Å². The fraction of sp³-hybridized carbons (Fsp3) is 0. The highest BCUT2D eigenvalue weighted by Crippen LogP contribution is 2.25. The fourth-order valence-corrected chi connectivity index (χ4v) is 3.64. The van der Waals surface area contributed by atoms with Crippen LogP contribution in [0.25, 0.3) is 16.9 Å². The molecular weight excluding hydrogens is 354 g/mol. The summed E-state index contributed by atoms with van der Waals surface area (Å²) in [6.45, 7) is 0. The van der Waals surface area contributed by atoms with Gasteiger partial charge in [-0.3, -0.25) is 0 Å². The van der Waals surface area contributed by atoms with E-state index in [-0.39, 0.29) is 5.75 Å². The van der Waals surface area contributed by atoms with E-state index < -0.39 is 0 Å². The standard InChI is InChI=1S/C22H17N3OS/c26-20-13-11-17(12-14-20)15-23-24-22-25(19-9-5-2-6-10-19)21(16-27-22)18-7-3-1-4-8-18/h1-16H,(H,23,26)/p+1. The zero-order valence-electron chi connectivity index (χ0n) is 14.5. The summed E-state index contributed by atoms with van der Waals surface area (Å²) >= 11 is 1.60. The molecular formula is C22H18N3OS+. The van der Waals surface area contributed by atoms with Crippen molar-refractivity contribution in [2.24, 2.45) is 5.10 Å². The SMILES string of the molecule is Oc1ccc(/C=N/Nc2scc(-c3ccccc3)[n+]2-c2ccccc2)cc1. The number of aromatic hydroxyl groups is 1. The second-order valence-corrected chi connectivity index (χ2v) is 6.78. The minimum atomic E-state index is 0.243. The van der Waals surface area contributed by atoms with Crippen molar-refractivity contribution < 1.29 is 9.67 Å². The Morgan fingerprint density at radius 3 is 2.22 bits per heavy atom. The van der Waals surface area contributed by atoms with E-state index in [2.05, 4.69) is 44.7 Å². The lowest BCUT2D eigenvalue weighted by atomic mass is 10.1. The van der Waals surface area contributed by atoms with Gasteiger partial charge in [0.25, 0.3) is 0 Å². The molecule has 2 N–H and O–H groups in total. The van der Waals surface area contributed by atoms with Crippen molar-refractivity contribution in [2.75, 3.05) is 5.43 Å². The summed E-state index contributed by atoms with van der Waals surface area (Å²) in [5.74, 6) is 0.243. The molecule has 0 unspecified atom stereocenters. The van der Waals surface area contributed by atoms with E-state index >= 15 is 0 Å². The highest BCUT2D eigenvalue weighted by Gasteiger charge is 2.20. The maximum atomic E-state index is 9.37. The molecule has 0 bridgehead atoms. The lowest BCUT2D eigenvalue weighted by Gasteiger charge is -2.04. The summed E-state index contributed by atoms with van der Waals surface area (Å²) < 4.78 is 2.16. The summed E-state index contributed by atoms with van der Waals surface area (Å²) in [4.78, 5) is 0. The first-order chi connectivity index (χ1) is 13.3. The Morgan fingerprint density at radius 2 is 1.52 bits per heavy atom. The van der Waals surface area contributed by atoms with E-state index in [1.807, 2.05) is 48.5 Å². The van der Waals surface area contributed by atoms with Gasteiger partial charge >= 0.3 is 5.13 Å². The molecule has 0 saturated heterocycles. The van der Waals surface area contributed by atoms with Gasteiger partial charge in [-0.25, -0.2) is 0 Å². The van der Waals surface area contributed by atoms with E-state index in [1.165, 1.54) is 0 Å². The number of benzene rings is 3. The molecule has 5 heteroatoms. The normalized spacial score (nSPS) is 11.0. The molecule has 1 heterocycles. The first kappa shape index (κ1) is 17.0. The van der Waals surface area contributed by atoms with Crippen molar-refractivity contribution >= 4 is 22.7 Å². The van der Waals surface area contributed by atoms with Gasteiger partial charge in [-0.05, 0) is 42.0 Å². The molecule has 0 amide bonds. The van der Waals surface area contributed by atoms with Gasteiger partial charge in [-0.2, -0.15) is 4.57 Å². The number of hydrogen-bond acceptors (Lipinski definition) is 4.